The SMILES string of the molecule is Nc1ccsc1C(=O)N1CCC(O)CC1. The van der Waals surface area contributed by atoms with E-state index >= 15 is 0 Å². The lowest BCUT2D eigenvalue weighted by molar-refractivity contribution is 0.0551. The third kappa shape index (κ3) is 2.13. The van der Waals surface area contributed by atoms with Gasteiger partial charge >= 0.3 is 0 Å². The van der Waals surface area contributed by atoms with Crippen molar-refractivity contribution in [3.63, 3.8) is 0 Å². The Morgan fingerprint density at radius 1 is 1.53 bits per heavy atom. The van der Waals surface area contributed by atoms with Crippen molar-refractivity contribution in [2.24, 2.45) is 0 Å². The summed E-state index contributed by atoms with van der Waals surface area (Å²) in [6.45, 7) is 1.24. The molecule has 1 aromatic heterocycles. The molecule has 1 aromatic rings. The fraction of sp³-hybridized carbons (Fsp3) is 0.500. The molecule has 0 radical (unpaired) electrons. The Bertz CT molecular complexity index is 356. The summed E-state index contributed by atoms with van der Waals surface area (Å²) in [6, 6.07) is 1.75. The normalized spacial score (nSPS) is 18.1. The maximum absolute atomic E-state index is 12.0. The van der Waals surface area contributed by atoms with Gasteiger partial charge in [-0.05, 0) is 24.3 Å². The van der Waals surface area contributed by atoms with Crippen molar-refractivity contribution in [3.8, 4) is 0 Å². The summed E-state index contributed by atoms with van der Waals surface area (Å²) < 4.78 is 0. The van der Waals surface area contributed by atoms with Crippen molar-refractivity contribution in [1.29, 1.82) is 0 Å². The molecule has 1 amide bonds. The second-order valence-corrected chi connectivity index (χ2v) is 4.64. The summed E-state index contributed by atoms with van der Waals surface area (Å²) in [4.78, 5) is 14.3. The molecule has 1 aliphatic rings. The first-order chi connectivity index (χ1) is 7.18. The number of nitrogen functional groups attached to an aromatic ring is 1. The number of rotatable bonds is 1. The predicted molar refractivity (Wildman–Crippen MR) is 59.9 cm³/mol. The number of anilines is 1. The number of nitrogens with two attached hydrogens (primary N) is 1. The van der Waals surface area contributed by atoms with Gasteiger partial charge in [0, 0.05) is 13.1 Å². The van der Waals surface area contributed by atoms with Gasteiger partial charge < -0.3 is 15.7 Å². The van der Waals surface area contributed by atoms with Crippen LogP contribution < -0.4 is 5.73 Å². The second kappa shape index (κ2) is 4.20. The van der Waals surface area contributed by atoms with Crippen LogP contribution in [0.15, 0.2) is 11.4 Å². The van der Waals surface area contributed by atoms with Crippen LogP contribution in [0.4, 0.5) is 5.69 Å². The predicted octanol–water partition coefficient (Wildman–Crippen LogP) is 0.927. The molecule has 5 heteroatoms. The molecule has 0 saturated carbocycles. The van der Waals surface area contributed by atoms with E-state index in [2.05, 4.69) is 0 Å². The number of likely N-dealkylation sites (tertiary alicyclic amines) is 1. The number of aliphatic hydroxyl groups excluding tert-OH is 1. The zero-order chi connectivity index (χ0) is 10.8. The number of nitrogens with zero attached hydrogens (tertiary/aromatic N) is 1. The zero-order valence-corrected chi connectivity index (χ0v) is 9.17. The van der Waals surface area contributed by atoms with Gasteiger partial charge in [-0.3, -0.25) is 4.79 Å². The Morgan fingerprint density at radius 2 is 2.20 bits per heavy atom. The van der Waals surface area contributed by atoms with E-state index < -0.39 is 0 Å². The van der Waals surface area contributed by atoms with E-state index in [0.29, 0.717) is 36.5 Å². The van der Waals surface area contributed by atoms with Crippen LogP contribution in [-0.2, 0) is 0 Å². The van der Waals surface area contributed by atoms with Gasteiger partial charge in [0.15, 0.2) is 0 Å². The van der Waals surface area contributed by atoms with Crippen LogP contribution in [0.25, 0.3) is 0 Å². The highest BCUT2D eigenvalue weighted by atomic mass is 32.1. The minimum absolute atomic E-state index is 0.00519. The lowest BCUT2D eigenvalue weighted by atomic mass is 10.1. The van der Waals surface area contributed by atoms with Crippen molar-refractivity contribution < 1.29 is 9.90 Å². The van der Waals surface area contributed by atoms with Gasteiger partial charge in [0.25, 0.3) is 5.91 Å². The molecule has 0 unspecified atom stereocenters. The van der Waals surface area contributed by atoms with Crippen LogP contribution >= 0.6 is 11.3 Å². The first kappa shape index (κ1) is 10.4. The van der Waals surface area contributed by atoms with E-state index in [1.807, 2.05) is 5.38 Å². The third-order valence-corrected chi connectivity index (χ3v) is 3.56. The molecule has 0 aromatic carbocycles. The van der Waals surface area contributed by atoms with Crippen LogP contribution in [-0.4, -0.2) is 35.1 Å². The molecule has 4 nitrogen and oxygen atoms in total. The van der Waals surface area contributed by atoms with E-state index in [4.69, 9.17) is 5.73 Å². The van der Waals surface area contributed by atoms with Gasteiger partial charge in [0.2, 0.25) is 0 Å². The summed E-state index contributed by atoms with van der Waals surface area (Å²) in [6.07, 6.45) is 1.07. The number of thiophene rings is 1. The Labute approximate surface area is 92.3 Å². The molecular formula is C10H14N2O2S. The molecular weight excluding hydrogens is 212 g/mol. The van der Waals surface area contributed by atoms with Crippen molar-refractivity contribution in [3.05, 3.63) is 16.3 Å². The summed E-state index contributed by atoms with van der Waals surface area (Å²) in [5.41, 5.74) is 6.24. The molecule has 1 aliphatic heterocycles. The number of piperidine rings is 1. The van der Waals surface area contributed by atoms with Gasteiger partial charge in [0.1, 0.15) is 4.88 Å². The van der Waals surface area contributed by atoms with Crippen molar-refractivity contribution in [2.45, 2.75) is 18.9 Å². The number of carbonyl (C=O) groups excluding carboxylic acids is 1. The molecule has 1 fully saturated rings. The van der Waals surface area contributed by atoms with Gasteiger partial charge in [-0.1, -0.05) is 0 Å². The molecule has 0 bridgehead atoms. The van der Waals surface area contributed by atoms with Crippen molar-refractivity contribution in [1.82, 2.24) is 4.90 Å². The molecule has 3 N–H and O–H groups in total. The van der Waals surface area contributed by atoms with E-state index in [9.17, 15) is 9.90 Å². The maximum Gasteiger partial charge on any atom is 0.266 e. The Balaban J connectivity index is 2.06. The summed E-state index contributed by atoms with van der Waals surface area (Å²) >= 11 is 1.37. The smallest absolute Gasteiger partial charge is 0.266 e. The van der Waals surface area contributed by atoms with E-state index in [-0.39, 0.29) is 12.0 Å². The summed E-state index contributed by atoms with van der Waals surface area (Å²) in [5.74, 6) is -0.00519. The molecule has 0 atom stereocenters. The fourth-order valence-corrected chi connectivity index (χ4v) is 2.49. The van der Waals surface area contributed by atoms with E-state index in [1.165, 1.54) is 11.3 Å². The molecule has 2 heterocycles. The quantitative estimate of drug-likeness (QED) is 0.748. The fourth-order valence-electron chi connectivity index (χ4n) is 1.71. The lowest BCUT2D eigenvalue weighted by Crippen LogP contribution is -2.39. The summed E-state index contributed by atoms with van der Waals surface area (Å²) in [7, 11) is 0. The monoisotopic (exact) mass is 226 g/mol. The second-order valence-electron chi connectivity index (χ2n) is 3.73. The first-order valence-electron chi connectivity index (χ1n) is 4.99. The zero-order valence-electron chi connectivity index (χ0n) is 8.35. The molecule has 1 saturated heterocycles. The standard InChI is InChI=1S/C10H14N2O2S/c11-8-3-6-15-9(8)10(14)12-4-1-7(13)2-5-12/h3,6-7,13H,1-2,4-5,11H2. The number of carbonyl (C=O) groups is 1. The number of hydrogen-bond donors (Lipinski definition) is 2. The molecule has 15 heavy (non-hydrogen) atoms. The maximum atomic E-state index is 12.0. The minimum Gasteiger partial charge on any atom is -0.397 e. The highest BCUT2D eigenvalue weighted by Gasteiger charge is 2.24. The average molecular weight is 226 g/mol. The molecule has 0 aliphatic carbocycles. The molecule has 2 rings (SSSR count). The van der Waals surface area contributed by atoms with Gasteiger partial charge in [-0.15, -0.1) is 11.3 Å². The Hall–Kier alpha value is -1.07. The molecule has 82 valence electrons. The van der Waals surface area contributed by atoms with Gasteiger partial charge in [-0.25, -0.2) is 0 Å². The number of hydrogen-bond acceptors (Lipinski definition) is 4. The first-order valence-corrected chi connectivity index (χ1v) is 5.87. The van der Waals surface area contributed by atoms with Crippen LogP contribution in [0, 0.1) is 0 Å². The third-order valence-electron chi connectivity index (χ3n) is 2.64. The lowest BCUT2D eigenvalue weighted by Gasteiger charge is -2.29. The van der Waals surface area contributed by atoms with Gasteiger partial charge in [-0.2, -0.15) is 0 Å². The molecule has 0 spiro atoms. The topological polar surface area (TPSA) is 66.6 Å². The number of aliphatic hydroxyl groups is 1. The minimum atomic E-state index is -0.255. The van der Waals surface area contributed by atoms with Crippen LogP contribution in [0.1, 0.15) is 22.5 Å². The van der Waals surface area contributed by atoms with Crippen molar-refractivity contribution >= 4 is 22.9 Å². The van der Waals surface area contributed by atoms with Gasteiger partial charge in [0.05, 0.1) is 11.8 Å². The van der Waals surface area contributed by atoms with E-state index in [1.54, 1.807) is 11.0 Å². The van der Waals surface area contributed by atoms with Crippen LogP contribution in [0.3, 0.4) is 0 Å². The highest BCUT2D eigenvalue weighted by Crippen LogP contribution is 2.22. The highest BCUT2D eigenvalue weighted by molar-refractivity contribution is 7.12. The number of amides is 1. The van der Waals surface area contributed by atoms with Crippen LogP contribution in [0.2, 0.25) is 0 Å². The Morgan fingerprint density at radius 3 is 2.73 bits per heavy atom. The summed E-state index contributed by atoms with van der Waals surface area (Å²) in [5, 5.41) is 11.2. The largest absolute Gasteiger partial charge is 0.397 e. The van der Waals surface area contributed by atoms with Crippen molar-refractivity contribution in [2.75, 3.05) is 18.8 Å². The Kier molecular flexibility index (Phi) is 2.93. The average Bonchev–Trinajstić information content (AvgIpc) is 2.65. The van der Waals surface area contributed by atoms with E-state index in [0.717, 1.165) is 0 Å². The van der Waals surface area contributed by atoms with Crippen LogP contribution in [0.5, 0.6) is 0 Å².